The molecule has 1 aromatic rings. The Morgan fingerprint density at radius 1 is 0.860 bits per heavy atom. The first-order chi connectivity index (χ1) is 20.1. The van der Waals surface area contributed by atoms with Gasteiger partial charge in [-0.05, 0) is 132 Å². The fraction of sp³-hybridized carbons (Fsp3) is 0.711. The van der Waals surface area contributed by atoms with E-state index in [9.17, 15) is 19.5 Å². The van der Waals surface area contributed by atoms with Gasteiger partial charge in [-0.3, -0.25) is 9.59 Å². The van der Waals surface area contributed by atoms with Gasteiger partial charge in [-0.25, -0.2) is 4.79 Å². The number of ketones is 1. The molecule has 1 aromatic carbocycles. The Balaban J connectivity index is 1.39. The number of benzene rings is 1. The lowest BCUT2D eigenvalue weighted by atomic mass is 9.32. The fourth-order valence-electron chi connectivity index (χ4n) is 12.5. The Kier molecular flexibility index (Phi) is 6.96. The van der Waals surface area contributed by atoms with Crippen molar-refractivity contribution >= 4 is 23.3 Å². The zero-order valence-corrected chi connectivity index (χ0v) is 27.6. The van der Waals surface area contributed by atoms with Crippen molar-refractivity contribution < 1.29 is 24.2 Å². The molecule has 5 aliphatic carbocycles. The summed E-state index contributed by atoms with van der Waals surface area (Å²) in [6.45, 7) is 16.5. The van der Waals surface area contributed by atoms with Crippen molar-refractivity contribution in [1.82, 2.24) is 0 Å². The van der Waals surface area contributed by atoms with Crippen LogP contribution in [0.15, 0.2) is 30.3 Å². The molecule has 5 aliphatic rings. The minimum Gasteiger partial charge on any atom is -0.481 e. The summed E-state index contributed by atoms with van der Waals surface area (Å²) in [7, 11) is 1.39. The minimum atomic E-state index is -0.576. The number of esters is 1. The van der Waals surface area contributed by atoms with Crippen molar-refractivity contribution in [2.75, 3.05) is 7.11 Å². The molecule has 0 spiro atoms. The van der Waals surface area contributed by atoms with Gasteiger partial charge in [0, 0.05) is 5.41 Å². The largest absolute Gasteiger partial charge is 0.481 e. The van der Waals surface area contributed by atoms with Crippen LogP contribution in [0.2, 0.25) is 0 Å². The number of fused-ring (bicyclic) bond motifs is 7. The lowest BCUT2D eigenvalue weighted by Gasteiger charge is -2.71. The summed E-state index contributed by atoms with van der Waals surface area (Å²) in [5.41, 5.74) is 1.31. The second kappa shape index (κ2) is 9.78. The number of rotatable bonds is 4. The van der Waals surface area contributed by atoms with Crippen LogP contribution in [-0.2, 0) is 14.3 Å². The third kappa shape index (κ3) is 3.84. The first-order valence-corrected chi connectivity index (χ1v) is 16.8. The van der Waals surface area contributed by atoms with Gasteiger partial charge in [-0.1, -0.05) is 60.6 Å². The van der Waals surface area contributed by atoms with Gasteiger partial charge in [0.05, 0.1) is 18.1 Å². The molecule has 6 rings (SSSR count). The van der Waals surface area contributed by atoms with E-state index in [1.807, 2.05) is 18.2 Å². The molecular weight excluding hydrogens is 536 g/mol. The van der Waals surface area contributed by atoms with Gasteiger partial charge < -0.3 is 9.84 Å². The molecule has 5 heteroatoms. The number of hydrogen-bond donors (Lipinski definition) is 1. The summed E-state index contributed by atoms with van der Waals surface area (Å²) in [5.74, 6) is 1.36. The maximum absolute atomic E-state index is 14.5. The lowest BCUT2D eigenvalue weighted by Crippen LogP contribution is -2.67. The first kappa shape index (κ1) is 30.6. The summed E-state index contributed by atoms with van der Waals surface area (Å²) in [4.78, 5) is 39.5. The monoisotopic (exact) mass is 588 g/mol. The summed E-state index contributed by atoms with van der Waals surface area (Å²) >= 11 is 0. The van der Waals surface area contributed by atoms with E-state index in [1.165, 1.54) is 7.11 Å². The highest BCUT2D eigenvalue weighted by Gasteiger charge is 2.73. The van der Waals surface area contributed by atoms with Gasteiger partial charge in [-0.2, -0.15) is 0 Å². The molecule has 1 N–H and O–H groups in total. The van der Waals surface area contributed by atoms with E-state index in [0.29, 0.717) is 23.3 Å². The number of allylic oxidation sites excluding steroid dienone is 2. The number of carboxylic acids is 1. The van der Waals surface area contributed by atoms with Gasteiger partial charge in [-0.15, -0.1) is 0 Å². The smallest absolute Gasteiger partial charge is 0.337 e. The van der Waals surface area contributed by atoms with E-state index >= 15 is 0 Å². The molecule has 4 saturated carbocycles. The lowest BCUT2D eigenvalue weighted by molar-refractivity contribution is -0.226. The molecule has 0 radical (unpaired) electrons. The zero-order chi connectivity index (χ0) is 31.3. The molecule has 5 nitrogen and oxygen atoms in total. The highest BCUT2D eigenvalue weighted by molar-refractivity contribution is 6.04. The molecule has 234 valence electrons. The van der Waals surface area contributed by atoms with Crippen LogP contribution < -0.4 is 0 Å². The van der Waals surface area contributed by atoms with Crippen LogP contribution in [0.25, 0.3) is 5.57 Å². The number of hydrogen-bond acceptors (Lipinski definition) is 4. The van der Waals surface area contributed by atoms with E-state index in [0.717, 1.165) is 62.5 Å². The number of carbonyl (C=O) groups excluding carboxylic acids is 2. The number of methoxy groups -OCH3 is 1. The molecule has 43 heavy (non-hydrogen) atoms. The summed E-state index contributed by atoms with van der Waals surface area (Å²) < 4.78 is 4.89. The van der Waals surface area contributed by atoms with Crippen molar-refractivity contribution in [1.29, 1.82) is 0 Å². The second-order valence-corrected chi connectivity index (χ2v) is 16.6. The van der Waals surface area contributed by atoms with E-state index in [1.54, 1.807) is 12.1 Å². The standard InChI is InChI=1S/C38H52O5/c1-22(2)25-15-18-38(33(41)42)20-19-35(5)26(31(25)38)13-14-29-36(35,6)17-16-28-34(3,4)27(21-30(39)37(28,29)7)23-9-11-24(12-10-23)32(40)43-8/h9-12,21-22,25-26,28-29,31H,13-20H2,1-8H3,(H,41,42)/t25-,26+,28-,29-,31+,35+,36+,37-,38-/m0/s1. The first-order valence-electron chi connectivity index (χ1n) is 16.8. The van der Waals surface area contributed by atoms with Gasteiger partial charge >= 0.3 is 11.9 Å². The molecule has 0 heterocycles. The molecular formula is C38H52O5. The zero-order valence-electron chi connectivity index (χ0n) is 27.6. The van der Waals surface area contributed by atoms with Crippen molar-refractivity contribution in [3.8, 4) is 0 Å². The number of carbonyl (C=O) groups is 3. The number of ether oxygens (including phenoxy) is 1. The molecule has 0 unspecified atom stereocenters. The van der Waals surface area contributed by atoms with Gasteiger partial charge in [0.2, 0.25) is 0 Å². The molecule has 0 saturated heterocycles. The van der Waals surface area contributed by atoms with Crippen LogP contribution in [0.1, 0.15) is 116 Å². The predicted molar refractivity (Wildman–Crippen MR) is 168 cm³/mol. The molecule has 0 bridgehead atoms. The SMILES string of the molecule is COC(=O)c1ccc(C2=CC(=O)[C@]3(C)[C@H]4CC[C@@H]5[C@H]6[C@H](C(C)C)CC[C@]6(C(=O)O)CC[C@@]5(C)[C@]4(C)CC[C@H]3C2(C)C)cc1. The Bertz CT molecular complexity index is 1370. The van der Waals surface area contributed by atoms with Gasteiger partial charge in [0.1, 0.15) is 0 Å². The van der Waals surface area contributed by atoms with Crippen molar-refractivity contribution in [2.24, 2.45) is 62.6 Å². The number of aliphatic carboxylic acids is 1. The minimum absolute atomic E-state index is 0.0170. The maximum Gasteiger partial charge on any atom is 0.337 e. The van der Waals surface area contributed by atoms with Crippen LogP contribution in [0.4, 0.5) is 0 Å². The average molecular weight is 589 g/mol. The van der Waals surface area contributed by atoms with E-state index in [2.05, 4.69) is 48.5 Å². The van der Waals surface area contributed by atoms with Crippen LogP contribution in [0, 0.1) is 62.6 Å². The van der Waals surface area contributed by atoms with Gasteiger partial charge in [0.15, 0.2) is 5.78 Å². The second-order valence-electron chi connectivity index (χ2n) is 16.6. The highest BCUT2D eigenvalue weighted by Crippen LogP contribution is 2.77. The van der Waals surface area contributed by atoms with E-state index in [-0.39, 0.29) is 45.8 Å². The molecule has 0 aliphatic heterocycles. The molecule has 0 amide bonds. The van der Waals surface area contributed by atoms with Gasteiger partial charge in [0.25, 0.3) is 0 Å². The van der Waals surface area contributed by atoms with Crippen LogP contribution >= 0.6 is 0 Å². The average Bonchev–Trinajstić information content (AvgIpc) is 3.37. The molecule has 4 fully saturated rings. The van der Waals surface area contributed by atoms with Crippen molar-refractivity contribution in [3.05, 3.63) is 41.5 Å². The highest BCUT2D eigenvalue weighted by atomic mass is 16.5. The summed E-state index contributed by atoms with van der Waals surface area (Å²) in [5, 5.41) is 10.7. The predicted octanol–water partition coefficient (Wildman–Crippen LogP) is 8.47. The fourth-order valence-corrected chi connectivity index (χ4v) is 12.5. The topological polar surface area (TPSA) is 80.7 Å². The van der Waals surface area contributed by atoms with Crippen molar-refractivity contribution in [2.45, 2.75) is 99.8 Å². The van der Waals surface area contributed by atoms with E-state index in [4.69, 9.17) is 4.74 Å². The summed E-state index contributed by atoms with van der Waals surface area (Å²) in [6.07, 6.45) is 9.61. The third-order valence-corrected chi connectivity index (χ3v) is 14.9. The molecule has 0 aromatic heterocycles. The third-order valence-electron chi connectivity index (χ3n) is 14.9. The van der Waals surface area contributed by atoms with E-state index < -0.39 is 16.8 Å². The number of carboxylic acid groups (broad SMARTS) is 1. The van der Waals surface area contributed by atoms with Crippen LogP contribution in [0.5, 0.6) is 0 Å². The Morgan fingerprint density at radius 3 is 2.14 bits per heavy atom. The quantitative estimate of drug-likeness (QED) is 0.357. The Morgan fingerprint density at radius 2 is 1.53 bits per heavy atom. The van der Waals surface area contributed by atoms with Crippen LogP contribution in [-0.4, -0.2) is 29.9 Å². The Labute approximate surface area is 258 Å². The van der Waals surface area contributed by atoms with Crippen molar-refractivity contribution in [3.63, 3.8) is 0 Å². The Hall–Kier alpha value is -2.43. The summed E-state index contributed by atoms with van der Waals surface area (Å²) in [6, 6.07) is 7.51. The normalized spacial score (nSPS) is 43.1. The van der Waals surface area contributed by atoms with Crippen LogP contribution in [0.3, 0.4) is 0 Å². The maximum atomic E-state index is 14.5. The molecule has 9 atom stereocenters.